The monoisotopic (exact) mass is 219 g/mol. The summed E-state index contributed by atoms with van der Waals surface area (Å²) in [5, 5.41) is 3.40. The highest BCUT2D eigenvalue weighted by Crippen LogP contribution is 2.09. The Morgan fingerprint density at radius 3 is 2.56 bits per heavy atom. The van der Waals surface area contributed by atoms with Crippen LogP contribution in [-0.4, -0.2) is 13.7 Å². The predicted molar refractivity (Wildman–Crippen MR) is 68.3 cm³/mol. The number of rotatable bonds is 6. The Hall–Kier alpha value is -1.12. The van der Waals surface area contributed by atoms with E-state index in [-0.39, 0.29) is 0 Å². The van der Waals surface area contributed by atoms with E-state index in [2.05, 4.69) is 43.4 Å². The Morgan fingerprint density at radius 1 is 1.25 bits per heavy atom. The van der Waals surface area contributed by atoms with Gasteiger partial charge in [-0.05, 0) is 25.0 Å². The lowest BCUT2D eigenvalue weighted by Crippen LogP contribution is -2.14. The van der Waals surface area contributed by atoms with Crippen molar-refractivity contribution in [2.45, 2.75) is 27.0 Å². The molecule has 16 heavy (non-hydrogen) atoms. The highest BCUT2D eigenvalue weighted by atomic mass is 16.5. The van der Waals surface area contributed by atoms with E-state index in [0.717, 1.165) is 13.1 Å². The van der Waals surface area contributed by atoms with Crippen LogP contribution in [0.4, 0.5) is 0 Å². The molecule has 0 unspecified atom stereocenters. The molecule has 1 aromatic rings. The quantitative estimate of drug-likeness (QED) is 0.587. The van der Waals surface area contributed by atoms with Gasteiger partial charge in [0.2, 0.25) is 0 Å². The van der Waals surface area contributed by atoms with Crippen LogP contribution in [0.3, 0.4) is 0 Å². The Labute approximate surface area is 98.3 Å². The van der Waals surface area contributed by atoms with Crippen molar-refractivity contribution in [1.29, 1.82) is 0 Å². The van der Waals surface area contributed by atoms with Crippen molar-refractivity contribution < 1.29 is 4.74 Å². The minimum Gasteiger partial charge on any atom is -0.380 e. The van der Waals surface area contributed by atoms with Crippen molar-refractivity contribution in [2.75, 3.05) is 13.7 Å². The topological polar surface area (TPSA) is 21.3 Å². The molecule has 88 valence electrons. The van der Waals surface area contributed by atoms with Gasteiger partial charge in [0, 0.05) is 20.2 Å². The minimum absolute atomic E-state index is 0.681. The Bertz CT molecular complexity index is 340. The summed E-state index contributed by atoms with van der Waals surface area (Å²) in [4.78, 5) is 0. The molecule has 0 amide bonds. The van der Waals surface area contributed by atoms with Crippen LogP contribution >= 0.6 is 0 Å². The van der Waals surface area contributed by atoms with Gasteiger partial charge in [-0.25, -0.2) is 0 Å². The Balaban J connectivity index is 2.49. The second-order valence-corrected chi connectivity index (χ2v) is 4.11. The fourth-order valence-electron chi connectivity index (χ4n) is 1.51. The summed E-state index contributed by atoms with van der Waals surface area (Å²) < 4.78 is 5.17. The number of hydrogen-bond donors (Lipinski definition) is 1. The summed E-state index contributed by atoms with van der Waals surface area (Å²) in [6, 6.07) is 8.37. The van der Waals surface area contributed by atoms with Gasteiger partial charge in [0.15, 0.2) is 0 Å². The first-order valence-electron chi connectivity index (χ1n) is 5.64. The normalized spacial score (nSPS) is 10.2. The summed E-state index contributed by atoms with van der Waals surface area (Å²) in [5.41, 5.74) is 3.92. The minimum atomic E-state index is 0.681. The summed E-state index contributed by atoms with van der Waals surface area (Å²) in [6.07, 6.45) is 2.19. The molecule has 0 fully saturated rings. The van der Waals surface area contributed by atoms with E-state index in [0.29, 0.717) is 6.61 Å². The second-order valence-electron chi connectivity index (χ2n) is 4.11. The maximum atomic E-state index is 5.17. The lowest BCUT2D eigenvalue weighted by molar-refractivity contribution is 0.184. The van der Waals surface area contributed by atoms with Crippen LogP contribution < -0.4 is 5.32 Å². The van der Waals surface area contributed by atoms with Crippen LogP contribution in [0.25, 0.3) is 0 Å². The number of hydrogen-bond acceptors (Lipinski definition) is 2. The van der Waals surface area contributed by atoms with Gasteiger partial charge >= 0.3 is 0 Å². The number of allylic oxidation sites excluding steroid dienone is 1. The zero-order valence-electron chi connectivity index (χ0n) is 10.4. The van der Waals surface area contributed by atoms with Crippen LogP contribution in [-0.2, 0) is 17.9 Å². The van der Waals surface area contributed by atoms with Crippen molar-refractivity contribution in [3.63, 3.8) is 0 Å². The largest absolute Gasteiger partial charge is 0.380 e. The lowest BCUT2D eigenvalue weighted by atomic mass is 10.1. The molecular weight excluding hydrogens is 198 g/mol. The van der Waals surface area contributed by atoms with E-state index in [9.17, 15) is 0 Å². The highest BCUT2D eigenvalue weighted by molar-refractivity contribution is 5.26. The van der Waals surface area contributed by atoms with Crippen molar-refractivity contribution in [1.82, 2.24) is 5.32 Å². The average Bonchev–Trinajstić information content (AvgIpc) is 2.26. The van der Waals surface area contributed by atoms with Crippen LogP contribution in [0.1, 0.15) is 25.0 Å². The molecule has 0 radical (unpaired) electrons. The Morgan fingerprint density at radius 2 is 1.94 bits per heavy atom. The van der Waals surface area contributed by atoms with E-state index >= 15 is 0 Å². The smallest absolute Gasteiger partial charge is 0.0716 e. The molecule has 0 aliphatic heterocycles. The number of ether oxygens (including phenoxy) is 1. The van der Waals surface area contributed by atoms with Crippen molar-refractivity contribution in [2.24, 2.45) is 0 Å². The van der Waals surface area contributed by atoms with E-state index in [1.165, 1.54) is 16.7 Å². The highest BCUT2D eigenvalue weighted by Gasteiger charge is 1.99. The van der Waals surface area contributed by atoms with Crippen molar-refractivity contribution >= 4 is 0 Å². The molecule has 0 spiro atoms. The van der Waals surface area contributed by atoms with Crippen LogP contribution in [0.15, 0.2) is 35.9 Å². The van der Waals surface area contributed by atoms with E-state index in [1.54, 1.807) is 7.11 Å². The van der Waals surface area contributed by atoms with Gasteiger partial charge in [0.1, 0.15) is 0 Å². The summed E-state index contributed by atoms with van der Waals surface area (Å²) >= 11 is 0. The molecule has 1 N–H and O–H groups in total. The first-order chi connectivity index (χ1) is 7.74. The maximum Gasteiger partial charge on any atom is 0.0716 e. The standard InChI is InChI=1S/C14H21NO/c1-12(2)8-9-15-10-13-6-4-5-7-14(13)11-16-3/h4-8,15H,9-11H2,1-3H3. The van der Waals surface area contributed by atoms with Gasteiger partial charge in [-0.2, -0.15) is 0 Å². The summed E-state index contributed by atoms with van der Waals surface area (Å²) in [5.74, 6) is 0. The fraction of sp³-hybridized carbons (Fsp3) is 0.429. The third-order valence-electron chi connectivity index (χ3n) is 2.39. The molecule has 0 aliphatic rings. The fourth-order valence-corrected chi connectivity index (χ4v) is 1.51. The molecule has 0 saturated heterocycles. The summed E-state index contributed by atoms with van der Waals surface area (Å²) in [7, 11) is 1.73. The van der Waals surface area contributed by atoms with Crippen molar-refractivity contribution in [3.05, 3.63) is 47.0 Å². The molecule has 0 saturated carbocycles. The number of methoxy groups -OCH3 is 1. The Kier molecular flexibility index (Phi) is 5.83. The molecule has 2 nitrogen and oxygen atoms in total. The molecule has 2 heteroatoms. The van der Waals surface area contributed by atoms with E-state index in [4.69, 9.17) is 4.74 Å². The molecule has 0 heterocycles. The van der Waals surface area contributed by atoms with Gasteiger partial charge in [-0.15, -0.1) is 0 Å². The van der Waals surface area contributed by atoms with Gasteiger partial charge in [-0.1, -0.05) is 35.9 Å². The van der Waals surface area contributed by atoms with Gasteiger partial charge in [0.05, 0.1) is 6.61 Å². The SMILES string of the molecule is COCc1ccccc1CNCC=C(C)C. The average molecular weight is 219 g/mol. The third-order valence-corrected chi connectivity index (χ3v) is 2.39. The van der Waals surface area contributed by atoms with Crippen molar-refractivity contribution in [3.8, 4) is 0 Å². The zero-order valence-corrected chi connectivity index (χ0v) is 10.4. The molecule has 0 bridgehead atoms. The molecule has 1 aromatic carbocycles. The second kappa shape index (κ2) is 7.20. The zero-order chi connectivity index (χ0) is 11.8. The third kappa shape index (κ3) is 4.60. The molecule has 0 aliphatic carbocycles. The summed E-state index contributed by atoms with van der Waals surface area (Å²) in [6.45, 7) is 6.72. The first kappa shape index (κ1) is 12.9. The number of nitrogens with one attached hydrogen (secondary N) is 1. The molecule has 0 atom stereocenters. The maximum absolute atomic E-state index is 5.17. The van der Waals surface area contributed by atoms with Crippen LogP contribution in [0.2, 0.25) is 0 Å². The lowest BCUT2D eigenvalue weighted by Gasteiger charge is -2.08. The molecule has 0 aromatic heterocycles. The molecule has 1 rings (SSSR count). The predicted octanol–water partition coefficient (Wildman–Crippen LogP) is 2.89. The van der Waals surface area contributed by atoms with E-state index in [1.807, 2.05) is 6.07 Å². The first-order valence-corrected chi connectivity index (χ1v) is 5.64. The molecular formula is C14H21NO. The van der Waals surface area contributed by atoms with Crippen LogP contribution in [0.5, 0.6) is 0 Å². The van der Waals surface area contributed by atoms with Gasteiger partial charge in [-0.3, -0.25) is 0 Å². The number of benzene rings is 1. The van der Waals surface area contributed by atoms with Gasteiger partial charge in [0.25, 0.3) is 0 Å². The van der Waals surface area contributed by atoms with E-state index < -0.39 is 0 Å². The van der Waals surface area contributed by atoms with Gasteiger partial charge < -0.3 is 10.1 Å². The van der Waals surface area contributed by atoms with Crippen LogP contribution in [0, 0.1) is 0 Å².